The predicted molar refractivity (Wildman–Crippen MR) is 102 cm³/mol. The van der Waals surface area contributed by atoms with Crippen LogP contribution in [-0.2, 0) is 16.0 Å². The Hall–Kier alpha value is -2.24. The third-order valence-electron chi connectivity index (χ3n) is 3.56. The highest BCUT2D eigenvalue weighted by Gasteiger charge is 2.07. The summed E-state index contributed by atoms with van der Waals surface area (Å²) in [5, 5.41) is 1.27. The normalized spacial score (nSPS) is 10.3. The van der Waals surface area contributed by atoms with Crippen molar-refractivity contribution >= 4 is 35.0 Å². The highest BCUT2D eigenvalue weighted by Crippen LogP contribution is 2.21. The Labute approximate surface area is 162 Å². The molecular formula is C19H20Cl2N2O3. The summed E-state index contributed by atoms with van der Waals surface area (Å²) in [4.78, 5) is 23.5. The van der Waals surface area contributed by atoms with E-state index >= 15 is 0 Å². The van der Waals surface area contributed by atoms with Crippen molar-refractivity contribution in [2.45, 2.75) is 26.2 Å². The second-order valence-corrected chi connectivity index (χ2v) is 6.63. The van der Waals surface area contributed by atoms with Crippen LogP contribution in [0.25, 0.3) is 0 Å². The molecule has 0 radical (unpaired) electrons. The van der Waals surface area contributed by atoms with Crippen LogP contribution < -0.4 is 15.6 Å². The minimum atomic E-state index is -0.297. The molecule has 2 N–H and O–H groups in total. The fraction of sp³-hybridized carbons (Fsp3) is 0.263. The van der Waals surface area contributed by atoms with E-state index in [1.165, 1.54) is 0 Å². The van der Waals surface area contributed by atoms with E-state index < -0.39 is 0 Å². The molecule has 138 valence electrons. The van der Waals surface area contributed by atoms with Gasteiger partial charge in [0.2, 0.25) is 11.8 Å². The highest BCUT2D eigenvalue weighted by atomic mass is 35.5. The number of amides is 2. The van der Waals surface area contributed by atoms with Crippen molar-refractivity contribution in [2.75, 3.05) is 6.61 Å². The number of carbonyl (C=O) groups excluding carboxylic acids is 2. The summed E-state index contributed by atoms with van der Waals surface area (Å²) in [6, 6.07) is 12.3. The first kappa shape index (κ1) is 20.1. The van der Waals surface area contributed by atoms with Gasteiger partial charge < -0.3 is 4.74 Å². The van der Waals surface area contributed by atoms with E-state index in [4.69, 9.17) is 27.9 Å². The zero-order valence-electron chi connectivity index (χ0n) is 14.4. The number of aryl methyl sites for hydroxylation is 1. The minimum absolute atomic E-state index is 0.163. The lowest BCUT2D eigenvalue weighted by atomic mass is 10.1. The predicted octanol–water partition coefficient (Wildman–Crippen LogP) is 3.85. The Morgan fingerprint density at radius 2 is 1.62 bits per heavy atom. The van der Waals surface area contributed by atoms with Gasteiger partial charge in [-0.3, -0.25) is 20.4 Å². The second kappa shape index (κ2) is 10.0. The fourth-order valence-electron chi connectivity index (χ4n) is 2.22. The van der Waals surface area contributed by atoms with Crippen LogP contribution >= 0.6 is 23.2 Å². The zero-order chi connectivity index (χ0) is 18.9. The molecule has 0 unspecified atom stereocenters. The molecule has 0 aliphatic heterocycles. The zero-order valence-corrected chi connectivity index (χ0v) is 15.9. The molecular weight excluding hydrogens is 375 g/mol. The van der Waals surface area contributed by atoms with Gasteiger partial charge in [-0.2, -0.15) is 0 Å². The Balaban J connectivity index is 1.62. The summed E-state index contributed by atoms with van der Waals surface area (Å²) in [6.45, 7) is 2.30. The van der Waals surface area contributed by atoms with Gasteiger partial charge in [-0.1, -0.05) is 35.3 Å². The maximum absolute atomic E-state index is 11.8. The van der Waals surface area contributed by atoms with Crippen LogP contribution in [0.3, 0.4) is 0 Å². The molecule has 0 aliphatic carbocycles. The number of nitrogens with one attached hydrogen (secondary N) is 2. The van der Waals surface area contributed by atoms with Gasteiger partial charge in [-0.25, -0.2) is 0 Å². The number of carbonyl (C=O) groups is 2. The van der Waals surface area contributed by atoms with Crippen molar-refractivity contribution in [1.82, 2.24) is 10.9 Å². The van der Waals surface area contributed by atoms with E-state index in [1.54, 1.807) is 36.4 Å². The van der Waals surface area contributed by atoms with Gasteiger partial charge in [0.1, 0.15) is 5.75 Å². The van der Waals surface area contributed by atoms with E-state index in [0.29, 0.717) is 23.1 Å². The van der Waals surface area contributed by atoms with Gasteiger partial charge >= 0.3 is 0 Å². The number of benzene rings is 2. The molecule has 0 saturated heterocycles. The summed E-state index contributed by atoms with van der Waals surface area (Å²) in [5.41, 5.74) is 6.54. The standard InChI is InChI=1S/C19H20Cl2N2O3/c1-13-11-16(21)8-9-17(13)26-10-2-3-18(24)22-23-19(25)12-14-4-6-15(20)7-5-14/h4-9,11H,2-3,10,12H2,1H3,(H,22,24)(H,23,25). The minimum Gasteiger partial charge on any atom is -0.493 e. The number of halogens is 2. The SMILES string of the molecule is Cc1cc(Cl)ccc1OCCCC(=O)NNC(=O)Cc1ccc(Cl)cc1. The van der Waals surface area contributed by atoms with E-state index in [9.17, 15) is 9.59 Å². The van der Waals surface area contributed by atoms with E-state index in [-0.39, 0.29) is 24.7 Å². The average Bonchev–Trinajstić information content (AvgIpc) is 2.60. The molecule has 2 aromatic rings. The van der Waals surface area contributed by atoms with E-state index in [1.807, 2.05) is 13.0 Å². The number of hydrazine groups is 1. The molecule has 0 atom stereocenters. The summed E-state index contributed by atoms with van der Waals surface area (Å²) < 4.78 is 5.62. The molecule has 7 heteroatoms. The average molecular weight is 395 g/mol. The molecule has 0 heterocycles. The van der Waals surface area contributed by atoms with Gasteiger partial charge in [0.05, 0.1) is 13.0 Å². The Kier molecular flexibility index (Phi) is 7.75. The van der Waals surface area contributed by atoms with Crippen LogP contribution in [0.15, 0.2) is 42.5 Å². The van der Waals surface area contributed by atoms with Crippen LogP contribution in [0.1, 0.15) is 24.0 Å². The van der Waals surface area contributed by atoms with Crippen LogP contribution in [0.4, 0.5) is 0 Å². The summed E-state index contributed by atoms with van der Waals surface area (Å²) in [5.74, 6) is 0.172. The van der Waals surface area contributed by atoms with Gasteiger partial charge in [-0.15, -0.1) is 0 Å². The van der Waals surface area contributed by atoms with Gasteiger partial charge in [-0.05, 0) is 54.8 Å². The van der Waals surface area contributed by atoms with Crippen molar-refractivity contribution in [3.63, 3.8) is 0 Å². The van der Waals surface area contributed by atoms with Crippen molar-refractivity contribution in [2.24, 2.45) is 0 Å². The molecule has 2 amide bonds. The number of ether oxygens (including phenoxy) is 1. The molecule has 0 aliphatic rings. The number of rotatable bonds is 7. The van der Waals surface area contributed by atoms with Gasteiger partial charge in [0.15, 0.2) is 0 Å². The summed E-state index contributed by atoms with van der Waals surface area (Å²) in [6.07, 6.45) is 0.936. The maximum atomic E-state index is 11.8. The largest absolute Gasteiger partial charge is 0.493 e. The molecule has 26 heavy (non-hydrogen) atoms. The molecule has 0 fully saturated rings. The fourth-order valence-corrected chi connectivity index (χ4v) is 2.58. The third kappa shape index (κ3) is 6.94. The molecule has 0 spiro atoms. The maximum Gasteiger partial charge on any atom is 0.242 e. The topological polar surface area (TPSA) is 67.4 Å². The lowest BCUT2D eigenvalue weighted by Crippen LogP contribution is -2.42. The Bertz CT molecular complexity index is 764. The highest BCUT2D eigenvalue weighted by molar-refractivity contribution is 6.30. The molecule has 0 saturated carbocycles. The first-order valence-electron chi connectivity index (χ1n) is 8.15. The molecule has 5 nitrogen and oxygen atoms in total. The first-order valence-corrected chi connectivity index (χ1v) is 8.91. The quantitative estimate of drug-likeness (QED) is 0.553. The molecule has 2 rings (SSSR count). The monoisotopic (exact) mass is 394 g/mol. The van der Waals surface area contributed by atoms with Crippen LogP contribution in [0.5, 0.6) is 5.75 Å². The van der Waals surface area contributed by atoms with Gasteiger partial charge in [0.25, 0.3) is 0 Å². The number of hydrogen-bond acceptors (Lipinski definition) is 3. The van der Waals surface area contributed by atoms with E-state index in [0.717, 1.165) is 16.9 Å². The van der Waals surface area contributed by atoms with Crippen LogP contribution in [0.2, 0.25) is 10.0 Å². The van der Waals surface area contributed by atoms with Crippen molar-refractivity contribution in [1.29, 1.82) is 0 Å². The van der Waals surface area contributed by atoms with Crippen molar-refractivity contribution in [3.05, 3.63) is 63.6 Å². The Morgan fingerprint density at radius 1 is 0.962 bits per heavy atom. The molecule has 0 bridgehead atoms. The lowest BCUT2D eigenvalue weighted by molar-refractivity contribution is -0.128. The van der Waals surface area contributed by atoms with Crippen LogP contribution in [0, 0.1) is 6.92 Å². The second-order valence-electron chi connectivity index (χ2n) is 5.76. The lowest BCUT2D eigenvalue weighted by Gasteiger charge is -2.10. The summed E-state index contributed by atoms with van der Waals surface area (Å²) in [7, 11) is 0. The Morgan fingerprint density at radius 3 is 2.31 bits per heavy atom. The van der Waals surface area contributed by atoms with Crippen molar-refractivity contribution in [3.8, 4) is 5.75 Å². The number of hydrogen-bond donors (Lipinski definition) is 2. The van der Waals surface area contributed by atoms with Crippen molar-refractivity contribution < 1.29 is 14.3 Å². The van der Waals surface area contributed by atoms with Crippen LogP contribution in [-0.4, -0.2) is 18.4 Å². The summed E-state index contributed by atoms with van der Waals surface area (Å²) >= 11 is 11.7. The third-order valence-corrected chi connectivity index (χ3v) is 4.05. The van der Waals surface area contributed by atoms with Gasteiger partial charge in [0, 0.05) is 16.5 Å². The molecule has 2 aromatic carbocycles. The first-order chi connectivity index (χ1) is 12.4. The molecule has 0 aromatic heterocycles. The van der Waals surface area contributed by atoms with E-state index in [2.05, 4.69) is 10.9 Å². The smallest absolute Gasteiger partial charge is 0.242 e.